The van der Waals surface area contributed by atoms with Gasteiger partial charge in [-0.2, -0.15) is 0 Å². The van der Waals surface area contributed by atoms with Crippen LogP contribution in [0, 0.1) is 0 Å². The van der Waals surface area contributed by atoms with Crippen molar-refractivity contribution >= 4 is 29.2 Å². The fourth-order valence-electron chi connectivity index (χ4n) is 1.88. The minimum Gasteiger partial charge on any atom is -0.507 e. The van der Waals surface area contributed by atoms with Gasteiger partial charge < -0.3 is 14.7 Å². The molecule has 2 rings (SSSR count). The van der Waals surface area contributed by atoms with Crippen LogP contribution >= 0.6 is 11.6 Å². The van der Waals surface area contributed by atoms with Gasteiger partial charge in [-0.25, -0.2) is 0 Å². The standard InChI is InChI=1S/C16H17ClN2O2/c1-19(2)15-6-4-12(17)9-14(15)18-10-11-8-13(21-3)5-7-16(11)20/h4-10,20H,1-3H3. The molecule has 5 heteroatoms. The fraction of sp³-hybridized carbons (Fsp3) is 0.188. The molecule has 0 heterocycles. The van der Waals surface area contributed by atoms with E-state index in [0.29, 0.717) is 16.3 Å². The summed E-state index contributed by atoms with van der Waals surface area (Å²) in [6, 6.07) is 10.5. The number of benzene rings is 2. The second-order valence-corrected chi connectivity index (χ2v) is 5.15. The van der Waals surface area contributed by atoms with Crippen LogP contribution in [0.15, 0.2) is 41.4 Å². The number of aliphatic imine (C=N–C) groups is 1. The molecule has 21 heavy (non-hydrogen) atoms. The smallest absolute Gasteiger partial charge is 0.124 e. The molecule has 2 aromatic rings. The summed E-state index contributed by atoms with van der Waals surface area (Å²) in [5.41, 5.74) is 2.26. The number of ether oxygens (including phenoxy) is 1. The molecule has 4 nitrogen and oxygen atoms in total. The molecule has 0 bridgehead atoms. The van der Waals surface area contributed by atoms with Gasteiger partial charge in [0.05, 0.1) is 18.5 Å². The highest BCUT2D eigenvalue weighted by Crippen LogP contribution is 2.31. The highest BCUT2D eigenvalue weighted by molar-refractivity contribution is 6.31. The average Bonchev–Trinajstić information content (AvgIpc) is 2.46. The molecule has 1 N–H and O–H groups in total. The molecule has 2 aromatic carbocycles. The molecule has 0 aliphatic heterocycles. The van der Waals surface area contributed by atoms with Crippen LogP contribution in [0.5, 0.6) is 11.5 Å². The van der Waals surface area contributed by atoms with Crippen molar-refractivity contribution in [2.24, 2.45) is 4.99 Å². The molecule has 0 spiro atoms. The topological polar surface area (TPSA) is 45.1 Å². The number of methoxy groups -OCH3 is 1. The van der Waals surface area contributed by atoms with Crippen molar-refractivity contribution in [3.8, 4) is 11.5 Å². The summed E-state index contributed by atoms with van der Waals surface area (Å²) >= 11 is 6.02. The second-order valence-electron chi connectivity index (χ2n) is 4.71. The van der Waals surface area contributed by atoms with E-state index >= 15 is 0 Å². The molecular weight excluding hydrogens is 288 g/mol. The lowest BCUT2D eigenvalue weighted by molar-refractivity contribution is 0.412. The van der Waals surface area contributed by atoms with Crippen molar-refractivity contribution in [2.75, 3.05) is 26.1 Å². The summed E-state index contributed by atoms with van der Waals surface area (Å²) < 4.78 is 5.14. The Hall–Kier alpha value is -2.20. The monoisotopic (exact) mass is 304 g/mol. The van der Waals surface area contributed by atoms with E-state index in [1.165, 1.54) is 0 Å². The van der Waals surface area contributed by atoms with Gasteiger partial charge in [-0.1, -0.05) is 11.6 Å². The average molecular weight is 305 g/mol. The molecule has 0 fully saturated rings. The lowest BCUT2D eigenvalue weighted by Gasteiger charge is -2.15. The zero-order valence-electron chi connectivity index (χ0n) is 12.2. The van der Waals surface area contributed by atoms with Crippen LogP contribution < -0.4 is 9.64 Å². The van der Waals surface area contributed by atoms with Crippen LogP contribution in [0.3, 0.4) is 0 Å². The number of aromatic hydroxyl groups is 1. The van der Waals surface area contributed by atoms with Crippen LogP contribution in [0.4, 0.5) is 11.4 Å². The van der Waals surface area contributed by atoms with Crippen molar-refractivity contribution in [1.29, 1.82) is 0 Å². The number of phenols is 1. The highest BCUT2D eigenvalue weighted by Gasteiger charge is 2.05. The lowest BCUT2D eigenvalue weighted by atomic mass is 10.2. The first-order valence-electron chi connectivity index (χ1n) is 6.39. The lowest BCUT2D eigenvalue weighted by Crippen LogP contribution is -2.08. The Morgan fingerprint density at radius 1 is 1.19 bits per heavy atom. The Morgan fingerprint density at radius 2 is 1.95 bits per heavy atom. The van der Waals surface area contributed by atoms with Gasteiger partial charge >= 0.3 is 0 Å². The maximum atomic E-state index is 9.86. The Balaban J connectivity index is 2.39. The quantitative estimate of drug-likeness (QED) is 0.872. The van der Waals surface area contributed by atoms with Crippen LogP contribution in [0.2, 0.25) is 5.02 Å². The molecule has 0 aliphatic rings. The van der Waals surface area contributed by atoms with Gasteiger partial charge in [0, 0.05) is 30.9 Å². The van der Waals surface area contributed by atoms with Gasteiger partial charge in [0.2, 0.25) is 0 Å². The number of nitrogens with zero attached hydrogens (tertiary/aromatic N) is 2. The third-order valence-corrected chi connectivity index (χ3v) is 3.23. The van der Waals surface area contributed by atoms with Crippen LogP contribution in [-0.4, -0.2) is 32.5 Å². The summed E-state index contributed by atoms with van der Waals surface area (Å²) in [6.07, 6.45) is 1.59. The molecule has 0 amide bonds. The van der Waals surface area contributed by atoms with E-state index in [0.717, 1.165) is 11.4 Å². The van der Waals surface area contributed by atoms with Gasteiger partial charge in [-0.3, -0.25) is 4.99 Å². The Morgan fingerprint density at radius 3 is 2.62 bits per heavy atom. The van der Waals surface area contributed by atoms with Gasteiger partial charge in [0.15, 0.2) is 0 Å². The van der Waals surface area contributed by atoms with E-state index in [1.54, 1.807) is 37.6 Å². The summed E-state index contributed by atoms with van der Waals surface area (Å²) in [6.45, 7) is 0. The third-order valence-electron chi connectivity index (χ3n) is 3.00. The SMILES string of the molecule is COc1ccc(O)c(C=Nc2cc(Cl)ccc2N(C)C)c1. The van der Waals surface area contributed by atoms with Crippen LogP contribution in [0.25, 0.3) is 0 Å². The van der Waals surface area contributed by atoms with Gasteiger partial charge in [-0.05, 0) is 36.4 Å². The van der Waals surface area contributed by atoms with Crippen molar-refractivity contribution in [3.05, 3.63) is 47.0 Å². The zero-order valence-corrected chi connectivity index (χ0v) is 12.9. The minimum atomic E-state index is 0.146. The molecule has 0 aromatic heterocycles. The predicted octanol–water partition coefficient (Wildman–Crippen LogP) is 3.87. The first-order valence-corrected chi connectivity index (χ1v) is 6.77. The largest absolute Gasteiger partial charge is 0.507 e. The number of rotatable bonds is 4. The highest BCUT2D eigenvalue weighted by atomic mass is 35.5. The molecule has 0 aliphatic carbocycles. The Bertz CT molecular complexity index is 669. The summed E-state index contributed by atoms with van der Waals surface area (Å²) in [4.78, 5) is 6.38. The molecular formula is C16H17ClN2O2. The van der Waals surface area contributed by atoms with Gasteiger partial charge in [0.1, 0.15) is 11.5 Å². The van der Waals surface area contributed by atoms with E-state index in [4.69, 9.17) is 16.3 Å². The maximum Gasteiger partial charge on any atom is 0.124 e. The van der Waals surface area contributed by atoms with E-state index in [2.05, 4.69) is 4.99 Å². The summed E-state index contributed by atoms with van der Waals surface area (Å²) in [5.74, 6) is 0.807. The first kappa shape index (κ1) is 15.2. The molecule has 0 radical (unpaired) electrons. The van der Waals surface area contributed by atoms with E-state index < -0.39 is 0 Å². The van der Waals surface area contributed by atoms with Gasteiger partial charge in [0.25, 0.3) is 0 Å². The van der Waals surface area contributed by atoms with E-state index in [1.807, 2.05) is 31.1 Å². The second kappa shape index (κ2) is 6.50. The van der Waals surface area contributed by atoms with E-state index in [9.17, 15) is 5.11 Å². The number of phenolic OH excluding ortho intramolecular Hbond substituents is 1. The number of anilines is 1. The summed E-state index contributed by atoms with van der Waals surface area (Å²) in [5, 5.41) is 10.5. The van der Waals surface area contributed by atoms with Crippen LogP contribution in [0.1, 0.15) is 5.56 Å². The van der Waals surface area contributed by atoms with Gasteiger partial charge in [-0.15, -0.1) is 0 Å². The Kier molecular flexibility index (Phi) is 4.70. The zero-order chi connectivity index (χ0) is 15.4. The normalized spacial score (nSPS) is 10.9. The maximum absolute atomic E-state index is 9.86. The first-order chi connectivity index (χ1) is 10.0. The molecule has 0 saturated heterocycles. The van der Waals surface area contributed by atoms with Crippen molar-refractivity contribution in [3.63, 3.8) is 0 Å². The van der Waals surface area contributed by atoms with Crippen LogP contribution in [-0.2, 0) is 0 Å². The number of halogens is 1. The van der Waals surface area contributed by atoms with Crippen molar-refractivity contribution in [1.82, 2.24) is 0 Å². The summed E-state index contributed by atoms with van der Waals surface area (Å²) in [7, 11) is 5.45. The predicted molar refractivity (Wildman–Crippen MR) is 87.7 cm³/mol. The van der Waals surface area contributed by atoms with E-state index in [-0.39, 0.29) is 5.75 Å². The molecule has 0 unspecified atom stereocenters. The minimum absolute atomic E-state index is 0.146. The molecule has 0 atom stereocenters. The van der Waals surface area contributed by atoms with Crippen molar-refractivity contribution < 1.29 is 9.84 Å². The number of hydrogen-bond acceptors (Lipinski definition) is 4. The Labute approximate surface area is 129 Å². The van der Waals surface area contributed by atoms with Crippen molar-refractivity contribution in [2.45, 2.75) is 0 Å². The number of hydrogen-bond donors (Lipinski definition) is 1. The fourth-order valence-corrected chi connectivity index (χ4v) is 2.05. The molecule has 110 valence electrons. The molecule has 0 saturated carbocycles. The third kappa shape index (κ3) is 3.67.